The number of carbonyl (C=O) groups excluding carboxylic acids is 2. The second-order valence-corrected chi connectivity index (χ2v) is 45.4. The van der Waals surface area contributed by atoms with Crippen molar-refractivity contribution in [3.8, 4) is 57.6 Å². The van der Waals surface area contributed by atoms with Gasteiger partial charge in [0, 0.05) is 76.8 Å². The van der Waals surface area contributed by atoms with E-state index in [1.165, 1.54) is 305 Å². The smallest absolute Gasteiger partial charge is 0.266 e. The number of hydrogen-bond acceptors (Lipinski definition) is 21. The van der Waals surface area contributed by atoms with Gasteiger partial charge in [0.25, 0.3) is 11.8 Å². The number of rotatable bonds is 46. The van der Waals surface area contributed by atoms with Gasteiger partial charge in [-0.1, -0.05) is 333 Å². The van der Waals surface area contributed by atoms with Crippen LogP contribution in [0.4, 0.5) is 0 Å². The minimum absolute atomic E-state index is 0.0727. The fraction of sp³-hybridized carbons (Fsp3) is 0.410. The lowest BCUT2D eigenvalue weighted by atomic mass is 9.67. The maximum absolute atomic E-state index is 13.7. The van der Waals surface area contributed by atoms with Crippen molar-refractivity contribution in [2.24, 2.45) is 0 Å². The van der Waals surface area contributed by atoms with Crippen molar-refractivity contribution in [1.82, 2.24) is 27.3 Å². The van der Waals surface area contributed by atoms with Crippen molar-refractivity contribution in [3.05, 3.63) is 204 Å². The summed E-state index contributed by atoms with van der Waals surface area (Å²) >= 11 is 28.1. The number of ether oxygens (including phenoxy) is 3. The number of likely N-dealkylation sites (N-methyl/N-ethyl adjacent to an activating group) is 2. The molecule has 2 aliphatic heterocycles. The van der Waals surface area contributed by atoms with Crippen LogP contribution in [0.1, 0.15) is 288 Å². The Bertz CT molecular complexity index is 6320. The Kier molecular flexibility index (Phi) is 29.8. The summed E-state index contributed by atoms with van der Waals surface area (Å²) in [5.74, 6) is 2.51. The number of aryl methyl sites for hydroxylation is 1. The number of benzene rings is 6. The molecule has 128 heavy (non-hydrogen) atoms. The van der Waals surface area contributed by atoms with Crippen LogP contribution in [-0.2, 0) is 20.4 Å². The van der Waals surface area contributed by atoms with Crippen LogP contribution in [0.25, 0.3) is 103 Å². The van der Waals surface area contributed by atoms with Crippen LogP contribution < -0.4 is 14.2 Å². The fourth-order valence-electron chi connectivity index (χ4n) is 19.5. The van der Waals surface area contributed by atoms with Gasteiger partial charge in [-0.2, -0.15) is 17.5 Å². The number of thiocarbonyl (C=S) groups is 2. The molecule has 6 aromatic carbocycles. The Hall–Kier alpha value is -7.36. The Morgan fingerprint density at radius 2 is 0.641 bits per heavy atom. The van der Waals surface area contributed by atoms with Crippen LogP contribution in [0, 0.1) is 6.92 Å². The number of unbranched alkanes of at least 4 members (excludes halogenated alkanes) is 27. The Balaban J connectivity index is 0.792. The molecule has 2 fully saturated rings. The van der Waals surface area contributed by atoms with E-state index in [1.807, 2.05) is 94.0 Å². The van der Waals surface area contributed by atoms with E-state index in [2.05, 4.69) is 161 Å². The first kappa shape index (κ1) is 91.1. The van der Waals surface area contributed by atoms with Gasteiger partial charge in [0.1, 0.15) is 48.0 Å². The maximum Gasteiger partial charge on any atom is 0.266 e. The lowest BCUT2D eigenvalue weighted by Crippen LogP contribution is -2.29. The molecule has 4 aliphatic rings. The summed E-state index contributed by atoms with van der Waals surface area (Å²) in [4.78, 5) is 39.4. The number of carbonyl (C=O) groups is 2. The van der Waals surface area contributed by atoms with Crippen molar-refractivity contribution in [1.29, 1.82) is 0 Å². The molecule has 11 nitrogen and oxygen atoms in total. The molecular weight excluding hydrogens is 1810 g/mol. The molecule has 0 bridgehead atoms. The molecule has 0 N–H and O–H groups in total. The van der Waals surface area contributed by atoms with Gasteiger partial charge in [0.2, 0.25) is 0 Å². The first-order chi connectivity index (χ1) is 62.9. The predicted molar refractivity (Wildman–Crippen MR) is 562 cm³/mol. The number of amides is 2. The molecule has 0 radical (unpaired) electrons. The summed E-state index contributed by atoms with van der Waals surface area (Å²) in [6.07, 6.45) is 42.0. The van der Waals surface area contributed by atoms with Crippen LogP contribution in [0.2, 0.25) is 0 Å². The number of thioether (sulfide) groups is 2. The third kappa shape index (κ3) is 18.0. The number of nitrogens with zero attached hydrogens (tertiary/aromatic N) is 6. The largest absolute Gasteiger partial charge is 0.494 e. The zero-order valence-corrected chi connectivity index (χ0v) is 84.0. The van der Waals surface area contributed by atoms with Gasteiger partial charge in [-0.3, -0.25) is 19.4 Å². The first-order valence-corrected chi connectivity index (χ1v) is 55.7. The topological polar surface area (TPSA) is 120 Å². The molecule has 10 heterocycles. The van der Waals surface area contributed by atoms with Crippen LogP contribution in [-0.4, -0.2) is 80.7 Å². The Labute approximate surface area is 805 Å². The second-order valence-electron chi connectivity index (χ2n) is 34.7. The van der Waals surface area contributed by atoms with E-state index in [4.69, 9.17) is 56.1 Å². The molecule has 0 saturated carbocycles. The van der Waals surface area contributed by atoms with Crippen LogP contribution >= 0.6 is 139 Å². The first-order valence-electron chi connectivity index (χ1n) is 46.9. The van der Waals surface area contributed by atoms with Gasteiger partial charge in [-0.05, 0) is 123 Å². The maximum atomic E-state index is 13.7. The van der Waals surface area contributed by atoms with Crippen molar-refractivity contribution in [2.45, 2.75) is 245 Å². The van der Waals surface area contributed by atoms with E-state index in [-0.39, 0.29) is 11.8 Å². The lowest BCUT2D eigenvalue weighted by Gasteiger charge is -2.34. The molecular formula is C105H112N6O5S12. The molecule has 1 unspecified atom stereocenters. The second kappa shape index (κ2) is 41.8. The van der Waals surface area contributed by atoms with Crippen LogP contribution in [0.15, 0.2) is 143 Å². The molecule has 14 aromatic rings. The van der Waals surface area contributed by atoms with Crippen molar-refractivity contribution >= 4 is 222 Å². The van der Waals surface area contributed by atoms with E-state index >= 15 is 0 Å². The van der Waals surface area contributed by atoms with Crippen molar-refractivity contribution in [3.63, 3.8) is 0 Å². The SMILES string of the molecule is CCCCCCCCCCCCOc1ccc(C2(c3ccc(C)cc3)c3c(sc4cc(-c5ccc(/C=C6\SC(=S)N(CC)C6=O)c6nsnc56)sc34)-c3sc4c5c(sc4c32)-c2sc3cc(-c4ccc(/C=C6\SC(=S)N(CC)C6=O)c6nsnc46)sc3c2C5(c2ccc(OCCCCCCCCCCCC)cc2)c2ccc(OCCCCCCCCCCCC)cc2)cc1. The van der Waals surface area contributed by atoms with E-state index in [0.717, 1.165) is 103 Å². The summed E-state index contributed by atoms with van der Waals surface area (Å²) in [7, 11) is 0. The number of aromatic nitrogens is 4. The van der Waals surface area contributed by atoms with Crippen molar-refractivity contribution in [2.75, 3.05) is 32.9 Å². The summed E-state index contributed by atoms with van der Waals surface area (Å²) in [5, 5.41) is 0. The number of fused-ring (bicyclic) bond motifs is 15. The van der Waals surface area contributed by atoms with E-state index in [9.17, 15) is 9.59 Å². The number of hydrogen-bond donors (Lipinski definition) is 0. The Morgan fingerprint density at radius 3 is 0.961 bits per heavy atom. The van der Waals surface area contributed by atoms with Crippen LogP contribution in [0.5, 0.6) is 17.2 Å². The highest BCUT2D eigenvalue weighted by Crippen LogP contribution is 2.73. The zero-order chi connectivity index (χ0) is 87.8. The summed E-state index contributed by atoms with van der Waals surface area (Å²) < 4.78 is 49.2. The normalized spacial score (nSPS) is 16.0. The van der Waals surface area contributed by atoms with Gasteiger partial charge in [-0.15, -0.1) is 68.0 Å². The fourth-order valence-corrected chi connectivity index (χ4v) is 32.3. The van der Waals surface area contributed by atoms with Gasteiger partial charge >= 0.3 is 0 Å². The van der Waals surface area contributed by atoms with Crippen LogP contribution in [0.3, 0.4) is 0 Å². The van der Waals surface area contributed by atoms with Gasteiger partial charge in [0.05, 0.1) is 102 Å². The van der Waals surface area contributed by atoms with Gasteiger partial charge in [-0.25, -0.2) is 0 Å². The van der Waals surface area contributed by atoms with Gasteiger partial charge < -0.3 is 14.2 Å². The average molecular weight is 1920 g/mol. The third-order valence-corrected chi connectivity index (χ3v) is 37.8. The summed E-state index contributed by atoms with van der Waals surface area (Å²) in [6, 6.07) is 50.8. The molecule has 0 spiro atoms. The highest BCUT2D eigenvalue weighted by molar-refractivity contribution is 8.27. The Morgan fingerprint density at radius 1 is 0.344 bits per heavy atom. The monoisotopic (exact) mass is 1920 g/mol. The summed E-state index contributed by atoms with van der Waals surface area (Å²) in [6.45, 7) is 16.1. The van der Waals surface area contributed by atoms with E-state index in [1.54, 1.807) is 9.80 Å². The van der Waals surface area contributed by atoms with Gasteiger partial charge in [0.15, 0.2) is 0 Å². The lowest BCUT2D eigenvalue weighted by molar-refractivity contribution is -0.122. The van der Waals surface area contributed by atoms with Crippen molar-refractivity contribution < 1.29 is 23.8 Å². The van der Waals surface area contributed by atoms with E-state index < -0.39 is 10.8 Å². The molecule has 2 amide bonds. The predicted octanol–water partition coefficient (Wildman–Crippen LogP) is 33.2. The minimum Gasteiger partial charge on any atom is -0.494 e. The molecule has 664 valence electrons. The third-order valence-electron chi connectivity index (χ3n) is 26.2. The van der Waals surface area contributed by atoms with E-state index in [0.29, 0.717) is 51.4 Å². The number of thiophene rings is 6. The molecule has 23 heteroatoms. The molecule has 8 aromatic heterocycles. The highest BCUT2D eigenvalue weighted by atomic mass is 32.2. The standard InChI is InChI=1S/C105H112N6O5S12/c1-7-12-15-18-21-24-27-30-33-36-59-114-73-51-45-70(46-52-73)104(69-43-39-66(6)40-44-69)84-92-80(64-78(119-92)76-57-41-67(88-90(76)108-127-106-88)62-82-100(112)110(10-4)102(117)123-82)121-94(84)96-86(104)98-99(125-96)87-97(126-98)95-85(93-81(122-95)65-79(120-93)77-58-42-68(89-91(77)109-128-107-89)63-83-101(113)111(11-5)103(118)124-83)105(87,71-47-53-74(54-48-71)115-60-37-34-31-28-25-22-19-16-13-8-2)72-49-55-75(56-50-72)116-61-38-35-32-29-26-23-20-17-14-9-3/h39-58,62-65H,7-38,59-61H2,1-6H3/b82-62-,83-63-. The quantitative estimate of drug-likeness (QED) is 0.0205. The minimum atomic E-state index is -0.846. The molecule has 18 rings (SSSR count). The molecule has 2 aliphatic carbocycles. The average Bonchev–Trinajstić information content (AvgIpc) is 1.47. The molecule has 1 atom stereocenters. The molecule has 2 saturated heterocycles. The summed E-state index contributed by atoms with van der Waals surface area (Å²) in [5.41, 5.74) is 16.6. The zero-order valence-electron chi connectivity index (χ0n) is 74.2. The highest BCUT2D eigenvalue weighted by Gasteiger charge is 2.57.